The van der Waals surface area contributed by atoms with E-state index in [0.717, 1.165) is 41.1 Å². The topological polar surface area (TPSA) is 96.0 Å². The lowest BCUT2D eigenvalue weighted by atomic mass is 10.0. The van der Waals surface area contributed by atoms with Gasteiger partial charge < -0.3 is 15.0 Å². The molecule has 0 heterocycles. The van der Waals surface area contributed by atoms with E-state index in [1.165, 1.54) is 23.1 Å². The molecule has 0 bridgehead atoms. The average Bonchev–Trinajstić information content (AvgIpc) is 3.60. The summed E-state index contributed by atoms with van der Waals surface area (Å²) < 4.78 is 50.2. The SMILES string of the molecule is CCOc1ccc(S(=O)(=O)N(CC(=O)N(Cc2ccccc2F)C(Cc2ccccc2)C(=O)NC2CCCC2)c2ccc(C)cc2)cc1. The molecule has 0 aliphatic heterocycles. The predicted octanol–water partition coefficient (Wildman–Crippen LogP) is 6.43. The molecule has 1 saturated carbocycles. The third-order valence-corrected chi connectivity index (χ3v) is 10.4. The third kappa shape index (κ3) is 8.60. The van der Waals surface area contributed by atoms with Gasteiger partial charge in [-0.1, -0.05) is 79.1 Å². The van der Waals surface area contributed by atoms with Crippen LogP contribution in [0.1, 0.15) is 49.3 Å². The Bertz CT molecular complexity index is 1780. The molecule has 252 valence electrons. The van der Waals surface area contributed by atoms with Crippen molar-refractivity contribution in [2.75, 3.05) is 17.5 Å². The number of hydrogen-bond acceptors (Lipinski definition) is 5. The fraction of sp³-hybridized carbons (Fsp3) is 0.316. The zero-order valence-electron chi connectivity index (χ0n) is 27.3. The van der Waals surface area contributed by atoms with Gasteiger partial charge in [-0.3, -0.25) is 13.9 Å². The molecule has 1 fully saturated rings. The zero-order valence-corrected chi connectivity index (χ0v) is 28.2. The molecule has 8 nitrogen and oxygen atoms in total. The fourth-order valence-corrected chi connectivity index (χ4v) is 7.39. The number of nitrogens with zero attached hydrogens (tertiary/aromatic N) is 2. The minimum atomic E-state index is -4.28. The van der Waals surface area contributed by atoms with Gasteiger partial charge in [-0.25, -0.2) is 12.8 Å². The number of nitrogens with one attached hydrogen (secondary N) is 1. The van der Waals surface area contributed by atoms with Gasteiger partial charge >= 0.3 is 0 Å². The van der Waals surface area contributed by atoms with Crippen molar-refractivity contribution in [1.29, 1.82) is 0 Å². The Hall–Kier alpha value is -4.70. The Balaban J connectivity index is 1.56. The quantitative estimate of drug-likeness (QED) is 0.167. The molecule has 1 aliphatic carbocycles. The molecule has 10 heteroatoms. The standard InChI is InChI=1S/C38H42FN3O5S/c1-3-47-33-21-23-34(24-22-33)48(45,46)42(32-19-17-28(2)18-20-32)27-37(43)41(26-30-13-7-10-16-35(30)39)36(25-29-11-5-4-6-12-29)38(44)40-31-14-8-9-15-31/h4-7,10-13,16-24,31,36H,3,8-9,14-15,25-27H2,1-2H3,(H,40,44). The van der Waals surface area contributed by atoms with E-state index in [4.69, 9.17) is 4.74 Å². The van der Waals surface area contributed by atoms with Crippen molar-refractivity contribution in [1.82, 2.24) is 10.2 Å². The Kier molecular flexibility index (Phi) is 11.5. The van der Waals surface area contributed by atoms with Gasteiger partial charge in [-0.2, -0.15) is 0 Å². The predicted molar refractivity (Wildman–Crippen MR) is 185 cm³/mol. The van der Waals surface area contributed by atoms with Crippen molar-refractivity contribution < 1.29 is 27.1 Å². The van der Waals surface area contributed by atoms with Crippen LogP contribution in [0.15, 0.2) is 108 Å². The summed E-state index contributed by atoms with van der Waals surface area (Å²) >= 11 is 0. The van der Waals surface area contributed by atoms with E-state index in [1.807, 2.05) is 44.2 Å². The highest BCUT2D eigenvalue weighted by Crippen LogP contribution is 2.27. The van der Waals surface area contributed by atoms with Crippen molar-refractivity contribution in [3.8, 4) is 5.75 Å². The number of anilines is 1. The van der Waals surface area contributed by atoms with E-state index in [9.17, 15) is 18.0 Å². The van der Waals surface area contributed by atoms with Crippen LogP contribution >= 0.6 is 0 Å². The van der Waals surface area contributed by atoms with Crippen LogP contribution in [-0.4, -0.2) is 50.4 Å². The maximum absolute atomic E-state index is 15.1. The van der Waals surface area contributed by atoms with Crippen LogP contribution in [0, 0.1) is 12.7 Å². The molecular weight excluding hydrogens is 629 g/mol. The first-order valence-electron chi connectivity index (χ1n) is 16.3. The summed E-state index contributed by atoms with van der Waals surface area (Å²) in [5.74, 6) is -1.01. The lowest BCUT2D eigenvalue weighted by Gasteiger charge is -2.34. The van der Waals surface area contributed by atoms with Gasteiger partial charge in [-0.05, 0) is 74.7 Å². The highest BCUT2D eigenvalue weighted by molar-refractivity contribution is 7.92. The van der Waals surface area contributed by atoms with Gasteiger partial charge in [0.25, 0.3) is 10.0 Å². The summed E-state index contributed by atoms with van der Waals surface area (Å²) in [5.41, 5.74) is 2.22. The van der Waals surface area contributed by atoms with Gasteiger partial charge in [0.2, 0.25) is 11.8 Å². The second-order valence-electron chi connectivity index (χ2n) is 12.1. The van der Waals surface area contributed by atoms with E-state index in [0.29, 0.717) is 12.4 Å². The van der Waals surface area contributed by atoms with Gasteiger partial charge in [0.1, 0.15) is 24.2 Å². The lowest BCUT2D eigenvalue weighted by molar-refractivity contribution is -0.140. The Morgan fingerprint density at radius 3 is 2.19 bits per heavy atom. The summed E-state index contributed by atoms with van der Waals surface area (Å²) in [6.07, 6.45) is 3.84. The normalized spacial score (nSPS) is 13.9. The molecule has 0 radical (unpaired) electrons. The Morgan fingerprint density at radius 1 is 0.896 bits per heavy atom. The van der Waals surface area contributed by atoms with Crippen LogP contribution in [0.4, 0.5) is 10.1 Å². The molecule has 1 N–H and O–H groups in total. The number of halogens is 1. The van der Waals surface area contributed by atoms with Gasteiger partial charge in [0.15, 0.2) is 0 Å². The number of benzene rings is 4. The van der Waals surface area contributed by atoms with Crippen molar-refractivity contribution in [2.24, 2.45) is 0 Å². The highest BCUT2D eigenvalue weighted by atomic mass is 32.2. The first-order chi connectivity index (χ1) is 23.2. The number of carbonyl (C=O) groups excluding carboxylic acids is 2. The highest BCUT2D eigenvalue weighted by Gasteiger charge is 2.36. The number of sulfonamides is 1. The smallest absolute Gasteiger partial charge is 0.264 e. The maximum atomic E-state index is 15.1. The molecular formula is C38H42FN3O5S. The van der Waals surface area contributed by atoms with Crippen LogP contribution in [0.25, 0.3) is 0 Å². The zero-order chi connectivity index (χ0) is 34.1. The molecule has 1 aliphatic rings. The van der Waals surface area contributed by atoms with Gasteiger partial charge in [0.05, 0.1) is 17.2 Å². The van der Waals surface area contributed by atoms with Crippen LogP contribution in [0.5, 0.6) is 5.75 Å². The molecule has 4 aromatic rings. The molecule has 0 spiro atoms. The summed E-state index contributed by atoms with van der Waals surface area (Å²) in [7, 11) is -4.28. The number of amides is 2. The first-order valence-corrected chi connectivity index (χ1v) is 17.8. The van der Waals surface area contributed by atoms with Crippen molar-refractivity contribution in [3.63, 3.8) is 0 Å². The molecule has 4 aromatic carbocycles. The summed E-state index contributed by atoms with van der Waals surface area (Å²) in [6.45, 7) is 3.29. The van der Waals surface area contributed by atoms with Crippen molar-refractivity contribution >= 4 is 27.5 Å². The van der Waals surface area contributed by atoms with Crippen LogP contribution in [0.2, 0.25) is 0 Å². The lowest BCUT2D eigenvalue weighted by Crippen LogP contribution is -2.54. The minimum Gasteiger partial charge on any atom is -0.494 e. The average molecular weight is 672 g/mol. The number of carbonyl (C=O) groups is 2. The first kappa shape index (κ1) is 34.6. The van der Waals surface area contributed by atoms with E-state index in [1.54, 1.807) is 54.6 Å². The number of ether oxygens (including phenoxy) is 1. The van der Waals surface area contributed by atoms with Crippen LogP contribution in [-0.2, 0) is 32.6 Å². The van der Waals surface area contributed by atoms with E-state index in [2.05, 4.69) is 5.32 Å². The summed E-state index contributed by atoms with van der Waals surface area (Å²) in [4.78, 5) is 30.0. The summed E-state index contributed by atoms with van der Waals surface area (Å²) in [5, 5.41) is 3.13. The third-order valence-electron chi connectivity index (χ3n) is 8.59. The van der Waals surface area contributed by atoms with Gasteiger partial charge in [0, 0.05) is 24.6 Å². The number of rotatable bonds is 14. The molecule has 5 rings (SSSR count). The monoisotopic (exact) mass is 671 g/mol. The molecule has 1 atom stereocenters. The minimum absolute atomic E-state index is 0.0229. The van der Waals surface area contributed by atoms with Crippen LogP contribution in [0.3, 0.4) is 0 Å². The molecule has 48 heavy (non-hydrogen) atoms. The molecule has 2 amide bonds. The number of aryl methyl sites for hydroxylation is 1. The second kappa shape index (κ2) is 15.9. The van der Waals surface area contributed by atoms with Crippen LogP contribution < -0.4 is 14.4 Å². The molecule has 0 aromatic heterocycles. The van der Waals surface area contributed by atoms with E-state index in [-0.39, 0.29) is 41.1 Å². The Labute approximate surface area is 282 Å². The fourth-order valence-electron chi connectivity index (χ4n) is 5.97. The van der Waals surface area contributed by atoms with Gasteiger partial charge in [-0.15, -0.1) is 0 Å². The van der Waals surface area contributed by atoms with Crippen molar-refractivity contribution in [3.05, 3.63) is 126 Å². The van der Waals surface area contributed by atoms with E-state index >= 15 is 4.39 Å². The maximum Gasteiger partial charge on any atom is 0.264 e. The second-order valence-corrected chi connectivity index (χ2v) is 13.9. The molecule has 1 unspecified atom stereocenters. The molecule has 0 saturated heterocycles. The van der Waals surface area contributed by atoms with E-state index < -0.39 is 34.3 Å². The largest absolute Gasteiger partial charge is 0.494 e. The van der Waals surface area contributed by atoms with Crippen molar-refractivity contribution in [2.45, 2.75) is 69.5 Å². The Morgan fingerprint density at radius 2 is 1.54 bits per heavy atom. The number of hydrogen-bond donors (Lipinski definition) is 1. The summed E-state index contributed by atoms with van der Waals surface area (Å²) in [6, 6.07) is 27.2.